The van der Waals surface area contributed by atoms with Gasteiger partial charge < -0.3 is 9.64 Å². The number of piperazine rings is 1. The third-order valence-corrected chi connectivity index (χ3v) is 5.90. The topological polar surface area (TPSA) is 82.1 Å². The Kier molecular flexibility index (Phi) is 4.85. The van der Waals surface area contributed by atoms with Crippen molar-refractivity contribution in [2.75, 3.05) is 33.2 Å². The van der Waals surface area contributed by atoms with Gasteiger partial charge in [-0.05, 0) is 31.7 Å². The molecule has 2 N–H and O–H groups in total. The molecule has 2 heterocycles. The lowest BCUT2D eigenvalue weighted by Gasteiger charge is -2.40. The Morgan fingerprint density at radius 3 is 2.52 bits per heavy atom. The smallest absolute Gasteiger partial charge is 0.333 e. The lowest BCUT2D eigenvalue weighted by Crippen LogP contribution is -2.55. The van der Waals surface area contributed by atoms with E-state index in [1.807, 2.05) is 18.2 Å². The van der Waals surface area contributed by atoms with Crippen molar-refractivity contribution >= 4 is 10.3 Å². The molecule has 3 rings (SSSR count). The summed E-state index contributed by atoms with van der Waals surface area (Å²) in [6.07, 6.45) is -0.0312. The fourth-order valence-electron chi connectivity index (χ4n) is 3.70. The molecule has 2 unspecified atom stereocenters. The van der Waals surface area contributed by atoms with Crippen LogP contribution in [-0.2, 0) is 15.7 Å². The van der Waals surface area contributed by atoms with Crippen LogP contribution in [0.5, 0.6) is 5.75 Å². The highest BCUT2D eigenvalue weighted by molar-refractivity contribution is 7.83. The summed E-state index contributed by atoms with van der Waals surface area (Å²) in [5.74, 6) is 0.844. The zero-order valence-corrected chi connectivity index (χ0v) is 16.0. The molecule has 0 radical (unpaired) electrons. The predicted molar refractivity (Wildman–Crippen MR) is 96.1 cm³/mol. The number of nitrogens with zero attached hydrogens (tertiary/aromatic N) is 2. The number of benzene rings is 1. The highest BCUT2D eigenvalue weighted by Crippen LogP contribution is 2.45. The van der Waals surface area contributed by atoms with E-state index in [0.29, 0.717) is 0 Å². The standard InChI is InChI=1S/C17H27N3O4S/c1-12(18-25(21,22)23)13-5-6-15-14(11-13)17(2,3)16(24-15)20-9-7-19(4)8-10-20/h5-6,11-12,16,18H,7-10H2,1-4H3,(H,21,22,23). The second-order valence-electron chi connectivity index (χ2n) is 7.60. The minimum atomic E-state index is -4.24. The van der Waals surface area contributed by atoms with Crippen molar-refractivity contribution in [1.29, 1.82) is 0 Å². The van der Waals surface area contributed by atoms with Crippen molar-refractivity contribution in [1.82, 2.24) is 14.5 Å². The number of likely N-dealkylation sites (N-methyl/N-ethyl adjacent to an activating group) is 1. The minimum Gasteiger partial charge on any atom is -0.474 e. The molecule has 8 heteroatoms. The van der Waals surface area contributed by atoms with Crippen LogP contribution in [-0.4, -0.2) is 62.2 Å². The Hall–Kier alpha value is -1.19. The maximum absolute atomic E-state index is 11.1. The number of fused-ring (bicyclic) bond motifs is 1. The van der Waals surface area contributed by atoms with Gasteiger partial charge in [0.05, 0.1) is 0 Å². The molecule has 1 fully saturated rings. The molecule has 2 aliphatic rings. The molecular weight excluding hydrogens is 342 g/mol. The maximum atomic E-state index is 11.1. The fraction of sp³-hybridized carbons (Fsp3) is 0.647. The summed E-state index contributed by atoms with van der Waals surface area (Å²) in [6, 6.07) is 5.20. The average molecular weight is 369 g/mol. The molecule has 1 aromatic rings. The molecule has 1 aromatic carbocycles. The Morgan fingerprint density at radius 1 is 1.28 bits per heavy atom. The van der Waals surface area contributed by atoms with Gasteiger partial charge in [-0.3, -0.25) is 9.45 Å². The first-order chi connectivity index (χ1) is 11.6. The van der Waals surface area contributed by atoms with Crippen molar-refractivity contribution < 1.29 is 17.7 Å². The summed E-state index contributed by atoms with van der Waals surface area (Å²) in [7, 11) is -2.11. The molecule has 0 aromatic heterocycles. The summed E-state index contributed by atoms with van der Waals surface area (Å²) in [5.41, 5.74) is 1.66. The van der Waals surface area contributed by atoms with E-state index in [4.69, 9.17) is 9.29 Å². The van der Waals surface area contributed by atoms with Gasteiger partial charge in [0.1, 0.15) is 5.75 Å². The number of rotatable bonds is 4. The lowest BCUT2D eigenvalue weighted by atomic mass is 9.82. The zero-order valence-electron chi connectivity index (χ0n) is 15.2. The Morgan fingerprint density at radius 2 is 1.92 bits per heavy atom. The third-order valence-electron chi connectivity index (χ3n) is 5.25. The van der Waals surface area contributed by atoms with Gasteiger partial charge in [0.2, 0.25) is 0 Å². The molecular formula is C17H27N3O4S. The SMILES string of the molecule is CC(NS(=O)(=O)O)c1ccc2c(c1)C(C)(C)C(N1CCN(C)CC1)O2. The second-order valence-corrected chi connectivity index (χ2v) is 8.79. The Bertz CT molecular complexity index is 742. The van der Waals surface area contributed by atoms with Crippen molar-refractivity contribution in [2.45, 2.75) is 38.5 Å². The summed E-state index contributed by atoms with van der Waals surface area (Å²) in [6.45, 7) is 9.99. The number of hydrogen-bond acceptors (Lipinski definition) is 5. The summed E-state index contributed by atoms with van der Waals surface area (Å²) in [5, 5.41) is 0. The number of hydrogen-bond donors (Lipinski definition) is 2. The van der Waals surface area contributed by atoms with E-state index in [1.54, 1.807) is 6.92 Å². The Labute approximate surface area is 149 Å². The second kappa shape index (κ2) is 6.51. The van der Waals surface area contributed by atoms with Gasteiger partial charge in [-0.25, -0.2) is 0 Å². The monoisotopic (exact) mass is 369 g/mol. The highest BCUT2D eigenvalue weighted by atomic mass is 32.2. The summed E-state index contributed by atoms with van der Waals surface area (Å²) < 4.78 is 39.6. The van der Waals surface area contributed by atoms with E-state index in [0.717, 1.165) is 43.1 Å². The predicted octanol–water partition coefficient (Wildman–Crippen LogP) is 1.38. The van der Waals surface area contributed by atoms with Crippen LogP contribution in [0.1, 0.15) is 37.9 Å². The van der Waals surface area contributed by atoms with E-state index in [-0.39, 0.29) is 11.6 Å². The van der Waals surface area contributed by atoms with Crippen molar-refractivity contribution in [3.8, 4) is 5.75 Å². The maximum Gasteiger partial charge on any atom is 0.333 e. The van der Waals surface area contributed by atoms with Gasteiger partial charge in [0.25, 0.3) is 0 Å². The molecule has 0 spiro atoms. The molecule has 0 saturated carbocycles. The largest absolute Gasteiger partial charge is 0.474 e. The van der Waals surface area contributed by atoms with E-state index < -0.39 is 16.3 Å². The molecule has 0 amide bonds. The quantitative estimate of drug-likeness (QED) is 0.781. The van der Waals surface area contributed by atoms with Gasteiger partial charge in [-0.15, -0.1) is 0 Å². The van der Waals surface area contributed by atoms with Crippen molar-refractivity contribution in [3.05, 3.63) is 29.3 Å². The zero-order chi connectivity index (χ0) is 18.4. The van der Waals surface area contributed by atoms with E-state index in [9.17, 15) is 8.42 Å². The molecule has 7 nitrogen and oxygen atoms in total. The van der Waals surface area contributed by atoms with E-state index >= 15 is 0 Å². The molecule has 140 valence electrons. The number of ether oxygens (including phenoxy) is 1. The minimum absolute atomic E-state index is 0.0312. The third kappa shape index (κ3) is 3.83. The molecule has 1 saturated heterocycles. The summed E-state index contributed by atoms with van der Waals surface area (Å²) in [4.78, 5) is 4.69. The number of nitrogens with one attached hydrogen (secondary N) is 1. The van der Waals surface area contributed by atoms with Gasteiger partial charge in [-0.2, -0.15) is 13.1 Å². The first kappa shape index (κ1) is 18.6. The summed E-state index contributed by atoms with van der Waals surface area (Å²) >= 11 is 0. The molecule has 0 bridgehead atoms. The van der Waals surface area contributed by atoms with Crippen LogP contribution in [0.2, 0.25) is 0 Å². The van der Waals surface area contributed by atoms with Gasteiger partial charge in [-0.1, -0.05) is 19.9 Å². The Balaban J connectivity index is 1.84. The van der Waals surface area contributed by atoms with Gasteiger partial charge in [0.15, 0.2) is 6.23 Å². The van der Waals surface area contributed by atoms with E-state index in [1.165, 1.54) is 0 Å². The molecule has 2 atom stereocenters. The van der Waals surface area contributed by atoms with Crippen molar-refractivity contribution in [3.63, 3.8) is 0 Å². The molecule has 0 aliphatic carbocycles. The van der Waals surface area contributed by atoms with Crippen LogP contribution in [0.4, 0.5) is 0 Å². The fourth-order valence-corrected chi connectivity index (χ4v) is 4.29. The lowest BCUT2D eigenvalue weighted by molar-refractivity contribution is -0.0257. The average Bonchev–Trinajstić information content (AvgIpc) is 2.77. The van der Waals surface area contributed by atoms with Crippen LogP contribution >= 0.6 is 0 Å². The van der Waals surface area contributed by atoms with Crippen LogP contribution in [0.15, 0.2) is 18.2 Å². The highest BCUT2D eigenvalue weighted by Gasteiger charge is 2.45. The van der Waals surface area contributed by atoms with Gasteiger partial charge in [0, 0.05) is 43.2 Å². The first-order valence-corrected chi connectivity index (χ1v) is 10.0. The first-order valence-electron chi connectivity index (χ1n) is 8.56. The van der Waals surface area contributed by atoms with Crippen LogP contribution in [0, 0.1) is 0 Å². The van der Waals surface area contributed by atoms with Crippen molar-refractivity contribution in [2.24, 2.45) is 0 Å². The van der Waals surface area contributed by atoms with Crippen LogP contribution < -0.4 is 9.46 Å². The van der Waals surface area contributed by atoms with Gasteiger partial charge >= 0.3 is 10.3 Å². The normalized spacial score (nSPS) is 25.4. The van der Waals surface area contributed by atoms with Crippen LogP contribution in [0.3, 0.4) is 0 Å². The molecule has 2 aliphatic heterocycles. The molecule has 25 heavy (non-hydrogen) atoms. The van der Waals surface area contributed by atoms with E-state index in [2.05, 4.69) is 35.4 Å². The van der Waals surface area contributed by atoms with Crippen LogP contribution in [0.25, 0.3) is 0 Å².